The highest BCUT2D eigenvalue weighted by Gasteiger charge is 2.19. The third-order valence-electron chi connectivity index (χ3n) is 14.3. The zero-order valence-electron chi connectivity index (χ0n) is 39.1. The van der Waals surface area contributed by atoms with Gasteiger partial charge in [0.15, 0.2) is 0 Å². The number of hydrogen-bond donors (Lipinski definition) is 0. The van der Waals surface area contributed by atoms with Crippen LogP contribution >= 0.6 is 0 Å². The maximum atomic E-state index is 2.39. The second-order valence-corrected chi connectivity index (χ2v) is 18.4. The van der Waals surface area contributed by atoms with Crippen molar-refractivity contribution < 1.29 is 0 Å². The molecule has 0 unspecified atom stereocenters. The number of hydrogen-bond acceptors (Lipinski definition) is 1. The molecule has 0 amide bonds. The Morgan fingerprint density at radius 2 is 0.592 bits per heavy atom. The molecule has 0 saturated heterocycles. The Balaban J connectivity index is 0.931. The first-order valence-electron chi connectivity index (χ1n) is 24.5. The Morgan fingerprint density at radius 1 is 0.197 bits per heavy atom. The largest absolute Gasteiger partial charge is 0.311 e. The minimum Gasteiger partial charge on any atom is -0.311 e. The molecule has 0 fully saturated rings. The van der Waals surface area contributed by atoms with Crippen LogP contribution in [0.2, 0.25) is 0 Å². The van der Waals surface area contributed by atoms with Crippen LogP contribution in [0.4, 0.5) is 17.1 Å². The van der Waals surface area contributed by atoms with E-state index in [2.05, 4.69) is 290 Å². The fraction of sp³-hybridized carbons (Fsp3) is 0. The van der Waals surface area contributed by atoms with E-state index in [1.165, 1.54) is 104 Å². The van der Waals surface area contributed by atoms with Crippen LogP contribution in [0.5, 0.6) is 0 Å². The van der Waals surface area contributed by atoms with Crippen LogP contribution in [0.1, 0.15) is 0 Å². The molecular formula is C70H47N. The van der Waals surface area contributed by atoms with Crippen LogP contribution in [0.15, 0.2) is 285 Å². The summed E-state index contributed by atoms with van der Waals surface area (Å²) < 4.78 is 0. The molecule has 1 nitrogen and oxygen atoms in total. The molecule has 0 bridgehead atoms. The summed E-state index contributed by atoms with van der Waals surface area (Å²) in [6.45, 7) is 0. The summed E-state index contributed by atoms with van der Waals surface area (Å²) in [5.74, 6) is 0. The van der Waals surface area contributed by atoms with Gasteiger partial charge in [0, 0.05) is 17.1 Å². The topological polar surface area (TPSA) is 3.24 Å². The highest BCUT2D eigenvalue weighted by molar-refractivity contribution is 6.28. The predicted molar refractivity (Wildman–Crippen MR) is 304 cm³/mol. The summed E-state index contributed by atoms with van der Waals surface area (Å²) in [7, 11) is 0. The van der Waals surface area contributed by atoms with E-state index in [1.807, 2.05) is 0 Å². The fourth-order valence-corrected chi connectivity index (χ4v) is 10.9. The minimum atomic E-state index is 1.08. The maximum absolute atomic E-state index is 2.39. The number of fused-ring (bicyclic) bond motifs is 7. The van der Waals surface area contributed by atoms with Crippen LogP contribution in [0.3, 0.4) is 0 Å². The van der Waals surface area contributed by atoms with Gasteiger partial charge in [-0.05, 0) is 152 Å². The van der Waals surface area contributed by atoms with Crippen molar-refractivity contribution in [2.24, 2.45) is 0 Å². The lowest BCUT2D eigenvalue weighted by Gasteiger charge is -2.26. The van der Waals surface area contributed by atoms with Gasteiger partial charge in [-0.25, -0.2) is 0 Å². The van der Waals surface area contributed by atoms with Crippen molar-refractivity contribution in [3.63, 3.8) is 0 Å². The van der Waals surface area contributed by atoms with E-state index < -0.39 is 0 Å². The summed E-state index contributed by atoms with van der Waals surface area (Å²) >= 11 is 0. The fourth-order valence-electron chi connectivity index (χ4n) is 10.9. The van der Waals surface area contributed by atoms with Crippen LogP contribution in [-0.4, -0.2) is 0 Å². The van der Waals surface area contributed by atoms with E-state index in [9.17, 15) is 0 Å². The van der Waals surface area contributed by atoms with Gasteiger partial charge < -0.3 is 4.90 Å². The van der Waals surface area contributed by atoms with Gasteiger partial charge in [0.1, 0.15) is 0 Å². The highest BCUT2D eigenvalue weighted by atomic mass is 15.1. The molecule has 71 heavy (non-hydrogen) atoms. The normalized spacial score (nSPS) is 11.4. The Bertz CT molecular complexity index is 4000. The Morgan fingerprint density at radius 3 is 1.17 bits per heavy atom. The number of nitrogens with zero attached hydrogens (tertiary/aromatic N) is 1. The van der Waals surface area contributed by atoms with Gasteiger partial charge in [0.25, 0.3) is 0 Å². The van der Waals surface area contributed by atoms with Crippen LogP contribution < -0.4 is 4.90 Å². The van der Waals surface area contributed by atoms with Crippen molar-refractivity contribution in [3.05, 3.63) is 285 Å². The molecule has 0 aliphatic heterocycles. The van der Waals surface area contributed by atoms with Crippen molar-refractivity contribution in [3.8, 4) is 66.8 Å². The monoisotopic (exact) mass is 901 g/mol. The van der Waals surface area contributed by atoms with Crippen LogP contribution in [0.25, 0.3) is 110 Å². The van der Waals surface area contributed by atoms with E-state index >= 15 is 0 Å². The number of anilines is 3. The molecule has 0 N–H and O–H groups in total. The lowest BCUT2D eigenvalue weighted by Crippen LogP contribution is -2.09. The molecule has 0 saturated carbocycles. The van der Waals surface area contributed by atoms with E-state index in [0.717, 1.165) is 22.6 Å². The molecule has 0 heterocycles. The third kappa shape index (κ3) is 7.62. The van der Waals surface area contributed by atoms with Crippen LogP contribution in [-0.2, 0) is 0 Å². The zero-order chi connectivity index (χ0) is 47.1. The van der Waals surface area contributed by atoms with Crippen molar-refractivity contribution in [1.82, 2.24) is 0 Å². The van der Waals surface area contributed by atoms with Gasteiger partial charge in [0.05, 0.1) is 0 Å². The Hall–Kier alpha value is -9.30. The SMILES string of the molecule is c1ccc(-c2ccc(-c3ccc(N(c4ccc(-c5c(-c6ccccc6)ccc6ccccc56)cc4)c4ccc(-c5cccc6c7ccccc7c7ccccc7c56)cc4)cc3)cc2-c2ccccc2)cc1. The van der Waals surface area contributed by atoms with Crippen LogP contribution in [0, 0.1) is 0 Å². The van der Waals surface area contributed by atoms with Gasteiger partial charge in [-0.2, -0.15) is 0 Å². The summed E-state index contributed by atoms with van der Waals surface area (Å²) in [4.78, 5) is 2.39. The van der Waals surface area contributed by atoms with E-state index in [-0.39, 0.29) is 0 Å². The van der Waals surface area contributed by atoms with Crippen molar-refractivity contribution in [2.75, 3.05) is 4.90 Å². The van der Waals surface area contributed by atoms with Gasteiger partial charge in [0.2, 0.25) is 0 Å². The zero-order valence-corrected chi connectivity index (χ0v) is 39.1. The van der Waals surface area contributed by atoms with Gasteiger partial charge in [-0.15, -0.1) is 0 Å². The average Bonchev–Trinajstić information content (AvgIpc) is 3.46. The maximum Gasteiger partial charge on any atom is 0.0462 e. The van der Waals surface area contributed by atoms with Crippen molar-refractivity contribution in [1.29, 1.82) is 0 Å². The molecule has 0 aliphatic rings. The van der Waals surface area contributed by atoms with Crippen molar-refractivity contribution in [2.45, 2.75) is 0 Å². The summed E-state index contributed by atoms with van der Waals surface area (Å²) in [6.07, 6.45) is 0. The van der Waals surface area contributed by atoms with Gasteiger partial charge in [-0.3, -0.25) is 0 Å². The van der Waals surface area contributed by atoms with E-state index in [4.69, 9.17) is 0 Å². The molecule has 13 aromatic carbocycles. The molecule has 332 valence electrons. The lowest BCUT2D eigenvalue weighted by atomic mass is 9.89. The molecule has 0 spiro atoms. The Kier molecular flexibility index (Phi) is 10.6. The standard InChI is InChI=1S/C70H47N/c1-4-17-49(18-5-1)59-45-38-55(47-68(59)51-21-8-3-9-22-51)48-31-39-56(40-32-48)71(58-43-35-54(36-44-58)69-60-24-11-10-23-52(60)37-46-62(69)50-19-6-2-7-20-50)57-41-33-53(34-42-57)61-29-16-30-67-65-26-13-12-25-63(65)64-27-14-15-28-66(64)70(61)67/h1-47H. The number of rotatable bonds is 9. The summed E-state index contributed by atoms with van der Waals surface area (Å²) in [5, 5.41) is 10.1. The molecule has 0 radical (unpaired) electrons. The predicted octanol–water partition coefficient (Wildman–Crippen LogP) is 19.8. The first-order valence-corrected chi connectivity index (χ1v) is 24.5. The van der Waals surface area contributed by atoms with Crippen molar-refractivity contribution >= 4 is 60.2 Å². The smallest absolute Gasteiger partial charge is 0.0462 e. The molecule has 13 aromatic rings. The molecule has 0 aliphatic carbocycles. The number of benzene rings is 13. The first-order chi connectivity index (χ1) is 35.2. The third-order valence-corrected chi connectivity index (χ3v) is 14.3. The molecule has 1 heteroatoms. The summed E-state index contributed by atoms with van der Waals surface area (Å²) in [5.41, 5.74) is 17.7. The van der Waals surface area contributed by atoms with E-state index in [0.29, 0.717) is 0 Å². The summed E-state index contributed by atoms with van der Waals surface area (Å²) in [6, 6.07) is 104. The first kappa shape index (κ1) is 41.9. The van der Waals surface area contributed by atoms with Gasteiger partial charge in [-0.1, -0.05) is 243 Å². The second-order valence-electron chi connectivity index (χ2n) is 18.4. The lowest BCUT2D eigenvalue weighted by molar-refractivity contribution is 1.28. The second kappa shape index (κ2) is 18.0. The van der Waals surface area contributed by atoms with Gasteiger partial charge >= 0.3 is 0 Å². The minimum absolute atomic E-state index is 1.08. The Labute approximate surface area is 414 Å². The quantitative estimate of drug-likeness (QED) is 0.131. The average molecular weight is 902 g/mol. The highest BCUT2D eigenvalue weighted by Crippen LogP contribution is 2.44. The molecule has 0 atom stereocenters. The molecule has 0 aromatic heterocycles. The van der Waals surface area contributed by atoms with E-state index in [1.54, 1.807) is 0 Å². The molecule has 13 rings (SSSR count). The molecular weight excluding hydrogens is 855 g/mol.